The molecule has 146 valence electrons. The molecule has 2 fully saturated rings. The number of hydrogen-bond donors (Lipinski definition) is 0. The van der Waals surface area contributed by atoms with Gasteiger partial charge in [0, 0.05) is 15.4 Å². The molecule has 2 saturated heterocycles. The predicted octanol–water partition coefficient (Wildman–Crippen LogP) is 3.60. The number of halogens is 1. The van der Waals surface area contributed by atoms with E-state index in [1.54, 1.807) is 0 Å². The van der Waals surface area contributed by atoms with Crippen LogP contribution in [0.1, 0.15) is 11.1 Å². The third-order valence-corrected chi connectivity index (χ3v) is 8.55. The number of sulfone groups is 1. The van der Waals surface area contributed by atoms with Gasteiger partial charge in [0.15, 0.2) is 15.0 Å². The minimum Gasteiger partial charge on any atom is -0.316 e. The largest absolute Gasteiger partial charge is 0.316 e. The Balaban J connectivity index is 1.63. The van der Waals surface area contributed by atoms with E-state index in [-0.39, 0.29) is 35.1 Å². The van der Waals surface area contributed by atoms with E-state index in [4.69, 9.17) is 0 Å². The maximum Gasteiger partial charge on any atom is 0.252 e. The van der Waals surface area contributed by atoms with E-state index < -0.39 is 9.84 Å². The molecule has 2 unspecified atom stereocenters. The highest BCUT2D eigenvalue weighted by Gasteiger charge is 2.49. The molecular formula is C20H19BrN2O3S2. The fraction of sp³-hybridized carbons (Fsp3) is 0.300. The lowest BCUT2D eigenvalue weighted by atomic mass is 10.1. The number of aryl methyl sites for hydroxylation is 1. The lowest BCUT2D eigenvalue weighted by molar-refractivity contribution is -0.117. The molecule has 0 spiro atoms. The molecule has 0 aromatic heterocycles. The van der Waals surface area contributed by atoms with E-state index in [9.17, 15) is 13.2 Å². The van der Waals surface area contributed by atoms with Crippen molar-refractivity contribution >= 4 is 54.3 Å². The zero-order valence-corrected chi connectivity index (χ0v) is 18.4. The first-order chi connectivity index (χ1) is 13.3. The Kier molecular flexibility index (Phi) is 5.37. The zero-order valence-electron chi connectivity index (χ0n) is 15.2. The third-order valence-electron chi connectivity index (χ3n) is 4.85. The van der Waals surface area contributed by atoms with Gasteiger partial charge in [-0.15, -0.1) is 0 Å². The van der Waals surface area contributed by atoms with Gasteiger partial charge in [-0.1, -0.05) is 63.6 Å². The van der Waals surface area contributed by atoms with Crippen LogP contribution in [0.15, 0.2) is 58.0 Å². The second-order valence-electron chi connectivity index (χ2n) is 7.10. The van der Waals surface area contributed by atoms with Gasteiger partial charge in [-0.25, -0.2) is 8.42 Å². The van der Waals surface area contributed by atoms with Crippen molar-refractivity contribution in [1.29, 1.82) is 0 Å². The Morgan fingerprint density at radius 3 is 2.68 bits per heavy atom. The summed E-state index contributed by atoms with van der Waals surface area (Å²) >= 11 is 4.86. The van der Waals surface area contributed by atoms with Crippen LogP contribution in [-0.2, 0) is 21.1 Å². The molecule has 0 saturated carbocycles. The molecule has 2 aromatic carbocycles. The summed E-state index contributed by atoms with van der Waals surface area (Å²) < 4.78 is 25.2. The second kappa shape index (κ2) is 7.65. The van der Waals surface area contributed by atoms with Crippen LogP contribution in [0.2, 0.25) is 0 Å². The van der Waals surface area contributed by atoms with E-state index in [0.29, 0.717) is 5.17 Å². The monoisotopic (exact) mass is 478 g/mol. The van der Waals surface area contributed by atoms with Crippen LogP contribution in [-0.4, -0.2) is 42.3 Å². The van der Waals surface area contributed by atoms with Crippen LogP contribution in [0.25, 0.3) is 0 Å². The summed E-state index contributed by atoms with van der Waals surface area (Å²) in [7, 11) is -3.08. The summed E-state index contributed by atoms with van der Waals surface area (Å²) in [5, 5.41) is 0.481. The molecule has 2 aromatic rings. The molecule has 0 bridgehead atoms. The van der Waals surface area contributed by atoms with E-state index in [2.05, 4.69) is 20.9 Å². The van der Waals surface area contributed by atoms with Crippen LogP contribution in [0.5, 0.6) is 0 Å². The Morgan fingerprint density at radius 1 is 1.21 bits per heavy atom. The van der Waals surface area contributed by atoms with Gasteiger partial charge in [-0.2, -0.15) is 4.99 Å². The highest BCUT2D eigenvalue weighted by atomic mass is 79.9. The number of amides is 1. The van der Waals surface area contributed by atoms with Crippen molar-refractivity contribution in [1.82, 2.24) is 0 Å². The van der Waals surface area contributed by atoms with Crippen LogP contribution in [0.4, 0.5) is 5.69 Å². The van der Waals surface area contributed by atoms with Crippen LogP contribution < -0.4 is 4.90 Å². The number of thioether (sulfide) groups is 1. The Labute approximate surface area is 177 Å². The van der Waals surface area contributed by atoms with Crippen molar-refractivity contribution in [2.24, 2.45) is 4.99 Å². The van der Waals surface area contributed by atoms with Gasteiger partial charge in [0.1, 0.15) is 0 Å². The SMILES string of the molecule is Cc1ccc(CC(=O)N=C2SC3CS(=O)(=O)CC3N2c2cccc(Br)c2)cc1. The number of benzene rings is 2. The molecule has 2 aliphatic heterocycles. The summed E-state index contributed by atoms with van der Waals surface area (Å²) in [6.07, 6.45) is 0.226. The number of nitrogens with zero attached hydrogens (tertiary/aromatic N) is 2. The van der Waals surface area contributed by atoms with Gasteiger partial charge < -0.3 is 4.90 Å². The van der Waals surface area contributed by atoms with Gasteiger partial charge in [-0.3, -0.25) is 4.79 Å². The van der Waals surface area contributed by atoms with E-state index >= 15 is 0 Å². The number of anilines is 1. The molecule has 1 amide bonds. The average molecular weight is 479 g/mol. The lowest BCUT2D eigenvalue weighted by Gasteiger charge is -2.24. The molecule has 2 aliphatic rings. The lowest BCUT2D eigenvalue weighted by Crippen LogP contribution is -2.37. The molecular weight excluding hydrogens is 460 g/mol. The molecule has 2 atom stereocenters. The standard InChI is InChI=1S/C20H19BrN2O3S2/c1-13-5-7-14(8-6-13)9-19(24)22-20-23(16-4-2-3-15(21)10-16)17-11-28(25,26)12-18(17)27-20/h2-8,10,17-18H,9,11-12H2,1H3. The van der Waals surface area contributed by atoms with E-state index in [1.807, 2.05) is 60.4 Å². The minimum absolute atomic E-state index is 0.0857. The molecule has 0 aliphatic carbocycles. The van der Waals surface area contributed by atoms with E-state index in [1.165, 1.54) is 11.8 Å². The fourth-order valence-electron chi connectivity index (χ4n) is 3.52. The first-order valence-corrected chi connectivity index (χ1v) is 12.4. The third kappa shape index (κ3) is 4.18. The van der Waals surface area contributed by atoms with Crippen molar-refractivity contribution < 1.29 is 13.2 Å². The smallest absolute Gasteiger partial charge is 0.252 e. The number of carbonyl (C=O) groups is 1. The Hall–Kier alpha value is -1.64. The number of aliphatic imine (C=N–C) groups is 1. The fourth-order valence-corrected chi connectivity index (χ4v) is 7.84. The quantitative estimate of drug-likeness (QED) is 0.673. The highest BCUT2D eigenvalue weighted by molar-refractivity contribution is 9.10. The minimum atomic E-state index is -3.08. The van der Waals surface area contributed by atoms with Crippen molar-refractivity contribution in [2.45, 2.75) is 24.6 Å². The number of carbonyl (C=O) groups excluding carboxylic acids is 1. The van der Waals surface area contributed by atoms with E-state index in [0.717, 1.165) is 21.3 Å². The maximum absolute atomic E-state index is 12.6. The summed E-state index contributed by atoms with van der Waals surface area (Å²) in [5.41, 5.74) is 2.90. The molecule has 0 N–H and O–H groups in total. The molecule has 5 nitrogen and oxygen atoms in total. The number of hydrogen-bond acceptors (Lipinski definition) is 4. The first kappa shape index (κ1) is 19.7. The summed E-state index contributed by atoms with van der Waals surface area (Å²) in [4.78, 5) is 18.9. The van der Waals surface area contributed by atoms with Gasteiger partial charge in [-0.05, 0) is 30.7 Å². The van der Waals surface area contributed by atoms with Crippen molar-refractivity contribution in [2.75, 3.05) is 16.4 Å². The highest BCUT2D eigenvalue weighted by Crippen LogP contribution is 2.41. The maximum atomic E-state index is 12.6. The predicted molar refractivity (Wildman–Crippen MR) is 118 cm³/mol. The average Bonchev–Trinajstić information content (AvgIpc) is 3.07. The van der Waals surface area contributed by atoms with Crippen LogP contribution >= 0.6 is 27.7 Å². The van der Waals surface area contributed by atoms with Crippen LogP contribution in [0.3, 0.4) is 0 Å². The second-order valence-corrected chi connectivity index (χ2v) is 11.4. The van der Waals surface area contributed by atoms with Crippen LogP contribution in [0, 0.1) is 6.92 Å². The van der Waals surface area contributed by atoms with Gasteiger partial charge in [0.2, 0.25) is 0 Å². The van der Waals surface area contributed by atoms with Gasteiger partial charge >= 0.3 is 0 Å². The molecule has 4 rings (SSSR count). The van der Waals surface area contributed by atoms with Crippen molar-refractivity contribution in [3.05, 3.63) is 64.1 Å². The summed E-state index contributed by atoms with van der Waals surface area (Å²) in [6, 6.07) is 15.3. The first-order valence-electron chi connectivity index (χ1n) is 8.90. The normalized spacial score (nSPS) is 24.5. The van der Waals surface area contributed by atoms with Crippen molar-refractivity contribution in [3.8, 4) is 0 Å². The zero-order chi connectivity index (χ0) is 19.9. The number of amidine groups is 1. The number of fused-ring (bicyclic) bond motifs is 1. The van der Waals surface area contributed by atoms with Gasteiger partial charge in [0.25, 0.3) is 5.91 Å². The number of rotatable bonds is 3. The summed E-state index contributed by atoms with van der Waals surface area (Å²) in [5.74, 6) is -0.0189. The van der Waals surface area contributed by atoms with Gasteiger partial charge in [0.05, 0.1) is 24.0 Å². The molecule has 28 heavy (non-hydrogen) atoms. The molecule has 2 heterocycles. The molecule has 8 heteroatoms. The molecule has 0 radical (unpaired) electrons. The summed E-state index contributed by atoms with van der Waals surface area (Å²) in [6.45, 7) is 2.00. The Bertz CT molecular complexity index is 1050. The topological polar surface area (TPSA) is 66.8 Å². The Morgan fingerprint density at radius 2 is 1.96 bits per heavy atom. The van der Waals surface area contributed by atoms with Crippen molar-refractivity contribution in [3.63, 3.8) is 0 Å².